The van der Waals surface area contributed by atoms with E-state index < -0.39 is 29.8 Å². The quantitative estimate of drug-likeness (QED) is 0.101. The molecule has 0 saturated heterocycles. The number of aromatic nitrogens is 2. The summed E-state index contributed by atoms with van der Waals surface area (Å²) in [5.41, 5.74) is 13.7. The fourth-order valence-corrected chi connectivity index (χ4v) is 10.9. The molecular weight excluding hydrogens is 713 g/mol. The number of rotatable bonds is 6. The van der Waals surface area contributed by atoms with Crippen LogP contribution in [-0.4, -0.2) is 38.2 Å². The van der Waals surface area contributed by atoms with Gasteiger partial charge in [-0.3, -0.25) is 10.1 Å². The lowest BCUT2D eigenvalue weighted by atomic mass is 9.68. The highest BCUT2D eigenvalue weighted by Gasteiger charge is 2.47. The number of benzene rings is 2. The van der Waals surface area contributed by atoms with Crippen LogP contribution in [0.1, 0.15) is 135 Å². The van der Waals surface area contributed by atoms with Crippen molar-refractivity contribution in [1.82, 2.24) is 14.9 Å². The second kappa shape index (κ2) is 14.6. The molecule has 10 rings (SSSR count). The van der Waals surface area contributed by atoms with Crippen molar-refractivity contribution in [2.75, 3.05) is 6.54 Å². The Labute approximate surface area is 334 Å². The van der Waals surface area contributed by atoms with Crippen molar-refractivity contribution in [3.05, 3.63) is 94.5 Å². The maximum atomic E-state index is 13.1. The van der Waals surface area contributed by atoms with Gasteiger partial charge in [0.15, 0.2) is 17.7 Å². The maximum absolute atomic E-state index is 13.1. The third kappa shape index (κ3) is 6.50. The predicted molar refractivity (Wildman–Crippen MR) is 218 cm³/mol. The number of aliphatic hydroxyl groups is 2. The Morgan fingerprint density at radius 3 is 2.72 bits per heavy atom. The van der Waals surface area contributed by atoms with Gasteiger partial charge in [0.2, 0.25) is 0 Å². The number of Topliss-reactive ketones (excluding diaryl/α,β-unsaturated/α-hetero) is 1. The Bertz CT molecular complexity index is 2380. The highest BCUT2D eigenvalue weighted by Crippen LogP contribution is 2.53. The molecule has 9 heteroatoms. The largest absolute Gasteiger partial charge is 0.465 e. The normalized spacial score (nSPS) is 29.6. The number of allylic oxidation sites excluding steroid dienone is 1. The lowest BCUT2D eigenvalue weighted by molar-refractivity contribution is -0.121. The summed E-state index contributed by atoms with van der Waals surface area (Å²) in [5, 5.41) is 27.6. The van der Waals surface area contributed by atoms with Crippen molar-refractivity contribution in [1.29, 1.82) is 0 Å². The number of aromatic amines is 1. The Morgan fingerprint density at radius 1 is 1.02 bits per heavy atom. The summed E-state index contributed by atoms with van der Waals surface area (Å²) in [7, 11) is 0. The molecule has 6 N–H and O–H groups in total. The molecule has 1 fully saturated rings. The van der Waals surface area contributed by atoms with E-state index in [9.17, 15) is 15.0 Å². The summed E-state index contributed by atoms with van der Waals surface area (Å²) >= 11 is 0. The van der Waals surface area contributed by atoms with Gasteiger partial charge in [0.1, 0.15) is 18.0 Å². The van der Waals surface area contributed by atoms with E-state index in [4.69, 9.17) is 15.2 Å². The Morgan fingerprint density at radius 2 is 1.88 bits per heavy atom. The van der Waals surface area contributed by atoms with Crippen LogP contribution in [0, 0.1) is 47.0 Å². The van der Waals surface area contributed by atoms with E-state index in [1.807, 2.05) is 24.3 Å². The molecule has 6 aliphatic rings. The number of hydrogen-bond acceptors (Lipinski definition) is 7. The van der Waals surface area contributed by atoms with Crippen LogP contribution < -0.4 is 20.5 Å². The van der Waals surface area contributed by atoms with E-state index in [1.165, 1.54) is 16.7 Å². The molecule has 4 aromatic rings. The zero-order valence-corrected chi connectivity index (χ0v) is 32.6. The summed E-state index contributed by atoms with van der Waals surface area (Å²) in [6, 6.07) is 9.95. The molecule has 3 aliphatic carbocycles. The predicted octanol–water partition coefficient (Wildman–Crippen LogP) is 7.55. The van der Waals surface area contributed by atoms with Gasteiger partial charge in [-0.2, -0.15) is 0 Å². The number of carbonyl (C=O) groups is 1. The number of ketones is 1. The van der Waals surface area contributed by atoms with Crippen molar-refractivity contribution < 1.29 is 24.5 Å². The van der Waals surface area contributed by atoms with Crippen molar-refractivity contribution in [3.8, 4) is 35.4 Å². The molecule has 0 amide bonds. The average molecular weight is 765 g/mol. The molecule has 294 valence electrons. The lowest BCUT2D eigenvalue weighted by Crippen LogP contribution is -2.40. The summed E-state index contributed by atoms with van der Waals surface area (Å²) in [5.74, 6) is 12.2. The molecule has 9 atom stereocenters. The van der Waals surface area contributed by atoms with E-state index >= 15 is 0 Å². The van der Waals surface area contributed by atoms with Crippen LogP contribution in [0.2, 0.25) is 0 Å². The van der Waals surface area contributed by atoms with Crippen molar-refractivity contribution in [2.24, 2.45) is 28.9 Å². The van der Waals surface area contributed by atoms with Gasteiger partial charge in [-0.15, -0.1) is 0 Å². The first-order valence-corrected chi connectivity index (χ1v) is 21.1. The number of carbonyl (C=O) groups excluding carboxylic acids is 1. The number of nitrogens with two attached hydrogens (primary N) is 1. The van der Waals surface area contributed by atoms with Gasteiger partial charge in [-0.1, -0.05) is 67.9 Å². The number of hydrogen-bond donors (Lipinski definition) is 5. The SMILES string of the molecule is CC1C=CC(C(O)CC(=O)CCc2ccc3c(c2)OC2C(C#CC(O)c4ccc5c6c4C(CCC6CNC5N)c4c[nH]c5cn2cc45)C2(C#CO3)CCCC2)CC1. The second-order valence-electron chi connectivity index (χ2n) is 17.6. The Hall–Kier alpha value is -4.77. The fraction of sp³-hybridized carbons (Fsp3) is 0.479. The van der Waals surface area contributed by atoms with E-state index in [-0.39, 0.29) is 30.2 Å². The minimum atomic E-state index is -1.01. The minimum absolute atomic E-state index is 0.0341. The van der Waals surface area contributed by atoms with Crippen LogP contribution >= 0.6 is 0 Å². The van der Waals surface area contributed by atoms with Gasteiger partial charge < -0.3 is 35.0 Å². The molecule has 1 saturated carbocycles. The molecule has 57 heavy (non-hydrogen) atoms. The lowest BCUT2D eigenvalue weighted by Gasteiger charge is -2.40. The van der Waals surface area contributed by atoms with E-state index in [2.05, 4.69) is 82.5 Å². The van der Waals surface area contributed by atoms with Crippen LogP contribution in [0.25, 0.3) is 10.9 Å². The van der Waals surface area contributed by atoms with Crippen molar-refractivity contribution >= 4 is 16.7 Å². The molecule has 9 nitrogen and oxygen atoms in total. The van der Waals surface area contributed by atoms with Gasteiger partial charge in [-0.25, -0.2) is 0 Å². The van der Waals surface area contributed by atoms with Crippen molar-refractivity contribution in [2.45, 2.75) is 114 Å². The Kier molecular flexibility index (Phi) is 9.34. The van der Waals surface area contributed by atoms with Crippen LogP contribution in [0.3, 0.4) is 0 Å². The molecule has 3 aliphatic heterocycles. The van der Waals surface area contributed by atoms with Crippen LogP contribution in [0.5, 0.6) is 11.5 Å². The number of nitrogens with one attached hydrogen (secondary N) is 2. The second-order valence-corrected chi connectivity index (χ2v) is 17.6. The van der Waals surface area contributed by atoms with E-state index in [0.29, 0.717) is 36.2 Å². The van der Waals surface area contributed by atoms with Gasteiger partial charge in [0, 0.05) is 55.2 Å². The van der Waals surface area contributed by atoms with Gasteiger partial charge >= 0.3 is 0 Å². The number of nitrogens with zero attached hydrogens (tertiary/aromatic N) is 1. The molecule has 0 radical (unpaired) electrons. The highest BCUT2D eigenvalue weighted by molar-refractivity contribution is 5.84. The third-order valence-corrected chi connectivity index (χ3v) is 14.1. The molecule has 9 unspecified atom stereocenters. The zero-order chi connectivity index (χ0) is 38.8. The number of aryl methyl sites for hydroxylation is 1. The topological polar surface area (TPSA) is 135 Å². The number of H-pyrrole nitrogens is 1. The molecule has 2 aromatic heterocycles. The summed E-state index contributed by atoms with van der Waals surface area (Å²) in [6.07, 6.45) is 19.9. The highest BCUT2D eigenvalue weighted by atomic mass is 16.5. The zero-order valence-electron chi connectivity index (χ0n) is 32.6. The monoisotopic (exact) mass is 764 g/mol. The molecule has 2 aromatic carbocycles. The molecule has 2 bridgehead atoms. The van der Waals surface area contributed by atoms with E-state index in [1.54, 1.807) is 0 Å². The Balaban J connectivity index is 1.03. The average Bonchev–Trinajstić information content (AvgIpc) is 3.96. The van der Waals surface area contributed by atoms with Crippen LogP contribution in [0.15, 0.2) is 61.1 Å². The summed E-state index contributed by atoms with van der Waals surface area (Å²) < 4.78 is 15.5. The number of aliphatic hydroxyl groups excluding tert-OH is 2. The van der Waals surface area contributed by atoms with Gasteiger partial charge in [0.05, 0.1) is 29.1 Å². The van der Waals surface area contributed by atoms with Gasteiger partial charge in [0.25, 0.3) is 0 Å². The number of ether oxygens (including phenoxy) is 2. The number of fused-ring (bicyclic) bond motifs is 6. The smallest absolute Gasteiger partial charge is 0.191 e. The maximum Gasteiger partial charge on any atom is 0.191 e. The first-order chi connectivity index (χ1) is 27.7. The van der Waals surface area contributed by atoms with Crippen LogP contribution in [0.4, 0.5) is 0 Å². The van der Waals surface area contributed by atoms with Crippen molar-refractivity contribution in [3.63, 3.8) is 0 Å². The summed E-state index contributed by atoms with van der Waals surface area (Å²) in [4.78, 5) is 16.7. The molecule has 1 spiro atoms. The molecule has 5 heterocycles. The van der Waals surface area contributed by atoms with E-state index in [0.717, 1.165) is 85.5 Å². The van der Waals surface area contributed by atoms with Gasteiger partial charge in [-0.05, 0) is 102 Å². The molecular formula is C48H52N4O5. The first-order valence-electron chi connectivity index (χ1n) is 21.1. The minimum Gasteiger partial charge on any atom is -0.465 e. The standard InChI is InChI=1S/C48H52N4O5/c1-28-4-8-30(9-5-28)41(55)23-32(53)11-6-29-7-17-42-43(22-29)57-47-38(48(20-21-56-42)18-2-3-19-48)15-16-40(54)34-13-14-35-44-31(24-51-46(35)49)10-12-33(45(34)44)36-25-50-39-27-52(47)26-37(36)39/h4,7-8,13-14,17,22,25-28,30-31,33,38,40-41,46-47,50-51,54-55H,2-3,5-6,9-12,18-19,23-24,49H2,1H3. The third-order valence-electron chi connectivity index (χ3n) is 14.1. The summed E-state index contributed by atoms with van der Waals surface area (Å²) in [6.45, 7) is 3.00. The van der Waals surface area contributed by atoms with Crippen LogP contribution in [-0.2, 0) is 11.2 Å². The first kappa shape index (κ1) is 36.6. The fourth-order valence-electron chi connectivity index (χ4n) is 10.9.